The van der Waals surface area contributed by atoms with E-state index in [0.29, 0.717) is 24.6 Å². The van der Waals surface area contributed by atoms with E-state index < -0.39 is 11.9 Å². The van der Waals surface area contributed by atoms with Gasteiger partial charge in [0.1, 0.15) is 0 Å². The minimum atomic E-state index is -0.757. The van der Waals surface area contributed by atoms with Crippen molar-refractivity contribution in [1.82, 2.24) is 9.97 Å². The minimum Gasteiger partial charge on any atom is -0.490 e. The van der Waals surface area contributed by atoms with Crippen molar-refractivity contribution in [2.45, 2.75) is 96.8 Å². The number of benzene rings is 1. The quantitative estimate of drug-likeness (QED) is 0.197. The molecule has 1 N–H and O–H groups in total. The zero-order valence-electron chi connectivity index (χ0n) is 21.7. The van der Waals surface area contributed by atoms with Gasteiger partial charge in [0.15, 0.2) is 11.6 Å². The van der Waals surface area contributed by atoms with E-state index in [9.17, 15) is 9.90 Å². The fourth-order valence-electron chi connectivity index (χ4n) is 4.02. The fraction of sp³-hybridized carbons (Fsp3) is 0.621. The van der Waals surface area contributed by atoms with Crippen molar-refractivity contribution in [3.05, 3.63) is 42.2 Å². The van der Waals surface area contributed by atoms with Gasteiger partial charge in [0.05, 0.1) is 24.9 Å². The molecule has 0 spiro atoms. The van der Waals surface area contributed by atoms with Crippen molar-refractivity contribution < 1.29 is 19.4 Å². The van der Waals surface area contributed by atoms with Gasteiger partial charge in [0.25, 0.3) is 0 Å². The zero-order valence-corrected chi connectivity index (χ0v) is 21.7. The molecule has 0 bridgehead atoms. The number of carboxylic acid groups (broad SMARTS) is 1. The van der Waals surface area contributed by atoms with Crippen LogP contribution < -0.4 is 4.74 Å². The second kappa shape index (κ2) is 17.9. The van der Waals surface area contributed by atoms with Crippen LogP contribution in [0, 0.1) is 0 Å². The van der Waals surface area contributed by atoms with Gasteiger partial charge in [0.2, 0.25) is 0 Å². The Morgan fingerprint density at radius 2 is 1.37 bits per heavy atom. The first-order valence-corrected chi connectivity index (χ1v) is 13.5. The van der Waals surface area contributed by atoms with Crippen LogP contribution in [-0.2, 0) is 9.53 Å². The Bertz CT molecular complexity index is 808. The third-order valence-corrected chi connectivity index (χ3v) is 6.19. The molecule has 1 unspecified atom stereocenters. The van der Waals surface area contributed by atoms with Crippen LogP contribution in [0.25, 0.3) is 11.4 Å². The van der Waals surface area contributed by atoms with E-state index in [1.165, 1.54) is 38.5 Å². The molecule has 1 atom stereocenters. The molecule has 1 aromatic carbocycles. The van der Waals surface area contributed by atoms with Crippen molar-refractivity contribution >= 4 is 5.97 Å². The maximum Gasteiger partial charge on any atom is 0.310 e. The molecule has 1 aromatic heterocycles. The van der Waals surface area contributed by atoms with Gasteiger partial charge in [-0.05, 0) is 31.2 Å². The fourth-order valence-corrected chi connectivity index (χ4v) is 4.02. The summed E-state index contributed by atoms with van der Waals surface area (Å²) in [5.74, 6) is 0.0343. The van der Waals surface area contributed by atoms with Crippen LogP contribution in [0.4, 0.5) is 0 Å². The molecule has 0 aliphatic heterocycles. The van der Waals surface area contributed by atoms with Gasteiger partial charge < -0.3 is 14.6 Å². The molecule has 35 heavy (non-hydrogen) atoms. The predicted octanol–water partition coefficient (Wildman–Crippen LogP) is 7.43. The monoisotopic (exact) mass is 484 g/mol. The van der Waals surface area contributed by atoms with Gasteiger partial charge in [-0.2, -0.15) is 0 Å². The first-order chi connectivity index (χ1) is 17.2. The summed E-state index contributed by atoms with van der Waals surface area (Å²) in [7, 11) is 0. The first-order valence-electron chi connectivity index (χ1n) is 13.5. The number of hydrogen-bond donors (Lipinski definition) is 1. The highest BCUT2D eigenvalue weighted by Crippen LogP contribution is 2.26. The molecule has 0 amide bonds. The lowest BCUT2D eigenvalue weighted by Gasteiger charge is -2.13. The number of carbonyl (C=O) groups is 1. The van der Waals surface area contributed by atoms with Crippen LogP contribution in [0.5, 0.6) is 5.75 Å². The number of unbranched alkanes of at least 4 members (excludes halogenated alkanes) is 8. The van der Waals surface area contributed by atoms with Crippen molar-refractivity contribution in [3.63, 3.8) is 0 Å². The van der Waals surface area contributed by atoms with Gasteiger partial charge in [-0.1, -0.05) is 89.5 Å². The van der Waals surface area contributed by atoms with Gasteiger partial charge in [-0.15, -0.1) is 0 Å². The van der Waals surface area contributed by atoms with E-state index in [-0.39, 0.29) is 0 Å². The minimum absolute atomic E-state index is 0.464. The van der Waals surface area contributed by atoms with Crippen LogP contribution in [0.15, 0.2) is 36.7 Å². The summed E-state index contributed by atoms with van der Waals surface area (Å²) in [6.07, 6.45) is 16.5. The Balaban J connectivity index is 1.75. The van der Waals surface area contributed by atoms with E-state index in [1.54, 1.807) is 12.4 Å². The molecule has 0 radical (unpaired) electrons. The molecule has 0 aliphatic rings. The molecule has 2 rings (SSSR count). The third kappa shape index (κ3) is 11.7. The molecule has 6 nitrogen and oxygen atoms in total. The molecule has 0 saturated carbocycles. The second-order valence-corrected chi connectivity index (χ2v) is 9.19. The molecule has 2 aromatic rings. The standard InChI is InChI=1S/C29H44N2O4/c1-3-5-7-8-9-10-14-27(29(32)33)24-15-17-25(18-16-24)28-30-22-26(23-31-28)35-21-13-12-20-34-19-11-6-4-2/h15-18,22-23,27H,3-14,19-21H2,1-2H3,(H,32,33). The smallest absolute Gasteiger partial charge is 0.310 e. The van der Waals surface area contributed by atoms with Crippen molar-refractivity contribution in [1.29, 1.82) is 0 Å². The molecular weight excluding hydrogens is 440 g/mol. The lowest BCUT2D eigenvalue weighted by molar-refractivity contribution is -0.139. The number of aromatic nitrogens is 2. The maximum atomic E-state index is 11.8. The summed E-state index contributed by atoms with van der Waals surface area (Å²) < 4.78 is 11.4. The Morgan fingerprint density at radius 3 is 2.03 bits per heavy atom. The van der Waals surface area contributed by atoms with Gasteiger partial charge >= 0.3 is 5.97 Å². The lowest BCUT2D eigenvalue weighted by Crippen LogP contribution is -2.11. The third-order valence-electron chi connectivity index (χ3n) is 6.19. The van der Waals surface area contributed by atoms with Gasteiger partial charge in [0, 0.05) is 18.8 Å². The highest BCUT2D eigenvalue weighted by atomic mass is 16.5. The molecular formula is C29H44N2O4. The summed E-state index contributed by atoms with van der Waals surface area (Å²) in [5, 5.41) is 9.70. The van der Waals surface area contributed by atoms with Crippen LogP contribution >= 0.6 is 0 Å². The summed E-state index contributed by atoms with van der Waals surface area (Å²) in [6, 6.07) is 7.60. The van der Waals surface area contributed by atoms with Crippen LogP contribution in [0.3, 0.4) is 0 Å². The molecule has 194 valence electrons. The predicted molar refractivity (Wildman–Crippen MR) is 141 cm³/mol. The first kappa shape index (κ1) is 28.8. The van der Waals surface area contributed by atoms with E-state index in [0.717, 1.165) is 56.4 Å². The van der Waals surface area contributed by atoms with Gasteiger partial charge in [-0.25, -0.2) is 9.97 Å². The maximum absolute atomic E-state index is 11.8. The highest BCUT2D eigenvalue weighted by molar-refractivity contribution is 5.76. The van der Waals surface area contributed by atoms with Crippen molar-refractivity contribution in [3.8, 4) is 17.1 Å². The zero-order chi connectivity index (χ0) is 25.1. The Kier molecular flexibility index (Phi) is 14.7. The molecule has 0 saturated heterocycles. The van der Waals surface area contributed by atoms with Crippen molar-refractivity contribution in [2.24, 2.45) is 0 Å². The van der Waals surface area contributed by atoms with E-state index in [2.05, 4.69) is 23.8 Å². The normalized spacial score (nSPS) is 11.9. The Labute approximate surface area is 211 Å². The van der Waals surface area contributed by atoms with Crippen molar-refractivity contribution in [2.75, 3.05) is 19.8 Å². The molecule has 0 aliphatic carbocycles. The van der Waals surface area contributed by atoms with Crippen LogP contribution in [0.2, 0.25) is 0 Å². The topological polar surface area (TPSA) is 81.5 Å². The van der Waals surface area contributed by atoms with Gasteiger partial charge in [-0.3, -0.25) is 4.79 Å². The van der Waals surface area contributed by atoms with E-state index in [4.69, 9.17) is 9.47 Å². The summed E-state index contributed by atoms with van der Waals surface area (Å²) in [5.41, 5.74) is 1.70. The summed E-state index contributed by atoms with van der Waals surface area (Å²) in [4.78, 5) is 20.7. The van der Waals surface area contributed by atoms with Crippen LogP contribution in [0.1, 0.15) is 102 Å². The Morgan fingerprint density at radius 1 is 0.800 bits per heavy atom. The van der Waals surface area contributed by atoms with E-state index in [1.807, 2.05) is 24.3 Å². The summed E-state index contributed by atoms with van der Waals surface area (Å²) in [6.45, 7) is 6.64. The second-order valence-electron chi connectivity index (χ2n) is 9.19. The molecule has 6 heteroatoms. The number of hydrogen-bond acceptors (Lipinski definition) is 5. The lowest BCUT2D eigenvalue weighted by atomic mass is 9.92. The number of aliphatic carboxylic acids is 1. The number of rotatable bonds is 20. The summed E-state index contributed by atoms with van der Waals surface area (Å²) >= 11 is 0. The van der Waals surface area contributed by atoms with E-state index >= 15 is 0 Å². The SMILES string of the molecule is CCCCCCCCC(C(=O)O)c1ccc(-c2ncc(OCCCCOCCCCC)cn2)cc1. The number of nitrogens with zero attached hydrogens (tertiary/aromatic N) is 2. The number of carboxylic acids is 1. The average Bonchev–Trinajstić information content (AvgIpc) is 2.88. The molecule has 0 fully saturated rings. The largest absolute Gasteiger partial charge is 0.490 e. The highest BCUT2D eigenvalue weighted by Gasteiger charge is 2.19. The molecule has 1 heterocycles. The average molecular weight is 485 g/mol. The van der Waals surface area contributed by atoms with Crippen LogP contribution in [-0.4, -0.2) is 40.9 Å². The number of ether oxygens (including phenoxy) is 2. The Hall–Kier alpha value is -2.47.